The van der Waals surface area contributed by atoms with Crippen LogP contribution in [0, 0.1) is 5.82 Å². The summed E-state index contributed by atoms with van der Waals surface area (Å²) in [6.45, 7) is -2.71. The molecular formula is C14H11ClF3NO2. The molecule has 0 unspecified atom stereocenters. The van der Waals surface area contributed by atoms with Gasteiger partial charge in [-0.2, -0.15) is 8.78 Å². The van der Waals surface area contributed by atoms with Crippen molar-refractivity contribution >= 4 is 17.3 Å². The first-order valence-corrected chi connectivity index (χ1v) is 6.28. The highest BCUT2D eigenvalue weighted by Gasteiger charge is 2.09. The minimum atomic E-state index is -2.95. The molecule has 0 fully saturated rings. The summed E-state index contributed by atoms with van der Waals surface area (Å²) in [7, 11) is 0. The Hall–Kier alpha value is -2.08. The molecule has 3 nitrogen and oxygen atoms in total. The molecule has 0 aliphatic heterocycles. The molecule has 0 heterocycles. The Morgan fingerprint density at radius 1 is 1.19 bits per heavy atom. The third kappa shape index (κ3) is 4.46. The SMILES string of the molecule is Oc1cc(F)cc(CNc2ccc(OC(F)F)c(Cl)c2)c1. The van der Waals surface area contributed by atoms with E-state index in [0.29, 0.717) is 11.3 Å². The van der Waals surface area contributed by atoms with Crippen LogP contribution >= 0.6 is 11.6 Å². The second-order valence-corrected chi connectivity index (χ2v) is 4.60. The fraction of sp³-hybridized carbons (Fsp3) is 0.143. The number of phenols is 1. The van der Waals surface area contributed by atoms with Gasteiger partial charge in [-0.1, -0.05) is 11.6 Å². The summed E-state index contributed by atoms with van der Waals surface area (Å²) in [5, 5.41) is 12.2. The van der Waals surface area contributed by atoms with E-state index in [9.17, 15) is 18.3 Å². The Morgan fingerprint density at radius 2 is 1.95 bits per heavy atom. The van der Waals surface area contributed by atoms with Gasteiger partial charge in [0.1, 0.15) is 17.3 Å². The van der Waals surface area contributed by atoms with Crippen LogP contribution in [-0.2, 0) is 6.54 Å². The van der Waals surface area contributed by atoms with Gasteiger partial charge in [-0.15, -0.1) is 0 Å². The van der Waals surface area contributed by atoms with Crippen LogP contribution in [0.5, 0.6) is 11.5 Å². The van der Waals surface area contributed by atoms with Crippen molar-refractivity contribution in [3.8, 4) is 11.5 Å². The molecule has 2 rings (SSSR count). The first-order valence-electron chi connectivity index (χ1n) is 5.91. The number of alkyl halides is 2. The summed E-state index contributed by atoms with van der Waals surface area (Å²) in [5.74, 6) is -0.850. The maximum atomic E-state index is 13.1. The Labute approximate surface area is 123 Å². The van der Waals surface area contributed by atoms with Crippen molar-refractivity contribution in [2.75, 3.05) is 5.32 Å². The molecule has 0 aliphatic carbocycles. The number of halogens is 4. The average Bonchev–Trinajstić information content (AvgIpc) is 2.38. The van der Waals surface area contributed by atoms with E-state index in [4.69, 9.17) is 11.6 Å². The summed E-state index contributed by atoms with van der Waals surface area (Å²) >= 11 is 5.81. The molecule has 2 N–H and O–H groups in total. The number of benzene rings is 2. The summed E-state index contributed by atoms with van der Waals surface area (Å²) < 4.78 is 41.5. The Balaban J connectivity index is 2.05. The quantitative estimate of drug-likeness (QED) is 0.859. The highest BCUT2D eigenvalue weighted by atomic mass is 35.5. The predicted octanol–water partition coefficient (Wildman–Crippen LogP) is 4.40. The topological polar surface area (TPSA) is 41.5 Å². The second kappa shape index (κ2) is 6.58. The molecule has 112 valence electrons. The van der Waals surface area contributed by atoms with E-state index in [0.717, 1.165) is 6.07 Å². The van der Waals surface area contributed by atoms with E-state index in [1.165, 1.54) is 30.3 Å². The Kier molecular flexibility index (Phi) is 4.80. The minimum absolute atomic E-state index is 0.0300. The van der Waals surface area contributed by atoms with Gasteiger partial charge in [-0.3, -0.25) is 0 Å². The molecule has 0 saturated heterocycles. The number of aromatic hydroxyl groups is 1. The van der Waals surface area contributed by atoms with E-state index < -0.39 is 12.4 Å². The third-order valence-electron chi connectivity index (χ3n) is 2.59. The highest BCUT2D eigenvalue weighted by Crippen LogP contribution is 2.29. The van der Waals surface area contributed by atoms with Crippen LogP contribution in [0.3, 0.4) is 0 Å². The van der Waals surface area contributed by atoms with Crippen molar-refractivity contribution in [3.63, 3.8) is 0 Å². The number of phenolic OH excluding ortho intramolecular Hbond substituents is 1. The number of rotatable bonds is 5. The first kappa shape index (κ1) is 15.3. The monoisotopic (exact) mass is 317 g/mol. The van der Waals surface area contributed by atoms with Gasteiger partial charge in [-0.25, -0.2) is 4.39 Å². The summed E-state index contributed by atoms with van der Waals surface area (Å²) in [6, 6.07) is 7.90. The van der Waals surface area contributed by atoms with Crippen LogP contribution in [0.1, 0.15) is 5.56 Å². The van der Waals surface area contributed by atoms with Gasteiger partial charge in [0.25, 0.3) is 0 Å². The van der Waals surface area contributed by atoms with Crippen molar-refractivity contribution in [2.45, 2.75) is 13.2 Å². The summed E-state index contributed by atoms with van der Waals surface area (Å²) in [4.78, 5) is 0. The molecule has 2 aromatic carbocycles. The maximum Gasteiger partial charge on any atom is 0.387 e. The number of anilines is 1. The van der Waals surface area contributed by atoms with Crippen LogP contribution in [-0.4, -0.2) is 11.7 Å². The van der Waals surface area contributed by atoms with Crippen LogP contribution in [0.15, 0.2) is 36.4 Å². The van der Waals surface area contributed by atoms with Crippen LogP contribution in [0.25, 0.3) is 0 Å². The summed E-state index contributed by atoms with van der Waals surface area (Å²) in [6.07, 6.45) is 0. The normalized spacial score (nSPS) is 10.7. The summed E-state index contributed by atoms with van der Waals surface area (Å²) in [5.41, 5.74) is 1.07. The van der Waals surface area contributed by atoms with E-state index >= 15 is 0 Å². The van der Waals surface area contributed by atoms with Gasteiger partial charge in [0.05, 0.1) is 5.02 Å². The minimum Gasteiger partial charge on any atom is -0.508 e. The molecule has 21 heavy (non-hydrogen) atoms. The zero-order chi connectivity index (χ0) is 15.4. The zero-order valence-electron chi connectivity index (χ0n) is 10.6. The molecule has 0 bridgehead atoms. The molecular weight excluding hydrogens is 307 g/mol. The molecule has 0 aromatic heterocycles. The number of hydrogen-bond donors (Lipinski definition) is 2. The largest absolute Gasteiger partial charge is 0.508 e. The van der Waals surface area contributed by atoms with Crippen LogP contribution < -0.4 is 10.1 Å². The Bertz CT molecular complexity index is 617. The highest BCUT2D eigenvalue weighted by molar-refractivity contribution is 6.32. The van der Waals surface area contributed by atoms with E-state index in [1.807, 2.05) is 0 Å². The van der Waals surface area contributed by atoms with Gasteiger partial charge in [-0.05, 0) is 35.9 Å². The number of nitrogens with one attached hydrogen (secondary N) is 1. The first-order chi connectivity index (χ1) is 9.94. The van der Waals surface area contributed by atoms with Crippen molar-refractivity contribution < 1.29 is 23.0 Å². The molecule has 0 spiro atoms. The van der Waals surface area contributed by atoms with Gasteiger partial charge < -0.3 is 15.2 Å². The number of hydrogen-bond acceptors (Lipinski definition) is 3. The molecule has 0 saturated carbocycles. The standard InChI is InChI=1S/C14H11ClF3NO2/c15-12-6-10(1-2-13(12)21-14(17)18)19-7-8-3-9(16)5-11(20)4-8/h1-6,14,19-20H,7H2. The third-order valence-corrected chi connectivity index (χ3v) is 2.88. The average molecular weight is 318 g/mol. The lowest BCUT2D eigenvalue weighted by Gasteiger charge is -2.10. The fourth-order valence-electron chi connectivity index (χ4n) is 1.74. The molecule has 0 atom stereocenters. The number of ether oxygens (including phenoxy) is 1. The van der Waals surface area contributed by atoms with Crippen LogP contribution in [0.2, 0.25) is 5.02 Å². The maximum absolute atomic E-state index is 13.1. The smallest absolute Gasteiger partial charge is 0.387 e. The molecule has 2 aromatic rings. The Morgan fingerprint density at radius 3 is 2.57 bits per heavy atom. The second-order valence-electron chi connectivity index (χ2n) is 4.19. The van der Waals surface area contributed by atoms with Gasteiger partial charge in [0.15, 0.2) is 0 Å². The van der Waals surface area contributed by atoms with Crippen LogP contribution in [0.4, 0.5) is 18.9 Å². The lowest BCUT2D eigenvalue weighted by atomic mass is 10.2. The zero-order valence-corrected chi connectivity index (χ0v) is 11.4. The van der Waals surface area contributed by atoms with Crippen molar-refractivity contribution in [1.29, 1.82) is 0 Å². The van der Waals surface area contributed by atoms with Gasteiger partial charge >= 0.3 is 6.61 Å². The fourth-order valence-corrected chi connectivity index (χ4v) is 1.97. The van der Waals surface area contributed by atoms with Crippen molar-refractivity contribution in [3.05, 3.63) is 52.8 Å². The molecule has 0 aliphatic rings. The van der Waals surface area contributed by atoms with Crippen molar-refractivity contribution in [1.82, 2.24) is 0 Å². The molecule has 7 heteroatoms. The van der Waals surface area contributed by atoms with E-state index in [2.05, 4.69) is 10.1 Å². The van der Waals surface area contributed by atoms with Gasteiger partial charge in [0, 0.05) is 18.3 Å². The lowest BCUT2D eigenvalue weighted by Crippen LogP contribution is -2.03. The lowest BCUT2D eigenvalue weighted by molar-refractivity contribution is -0.0497. The van der Waals surface area contributed by atoms with Gasteiger partial charge in [0.2, 0.25) is 0 Å². The molecule has 0 radical (unpaired) electrons. The molecule has 0 amide bonds. The van der Waals surface area contributed by atoms with E-state index in [-0.39, 0.29) is 23.1 Å². The predicted molar refractivity (Wildman–Crippen MR) is 73.5 cm³/mol. The van der Waals surface area contributed by atoms with E-state index in [1.54, 1.807) is 0 Å². The van der Waals surface area contributed by atoms with Crippen molar-refractivity contribution in [2.24, 2.45) is 0 Å².